The van der Waals surface area contributed by atoms with Crippen LogP contribution in [0, 0.1) is 6.92 Å². The summed E-state index contributed by atoms with van der Waals surface area (Å²) in [6.07, 6.45) is 1.36. The van der Waals surface area contributed by atoms with Crippen molar-refractivity contribution in [2.45, 2.75) is 13.5 Å². The van der Waals surface area contributed by atoms with Crippen molar-refractivity contribution in [3.63, 3.8) is 0 Å². The molecule has 2 aromatic rings. The van der Waals surface area contributed by atoms with Gasteiger partial charge in [0.2, 0.25) is 0 Å². The van der Waals surface area contributed by atoms with Gasteiger partial charge in [0.25, 0.3) is 5.91 Å². The third-order valence-corrected chi connectivity index (χ3v) is 3.63. The standard InChI is InChI=1S/C17H15BrF2N2O3/c1-11-2-7-15(14(18)8-11)22-16(23)10-24-21-9-12-3-5-13(6-4-12)25-17(19)20/h2-9,17H,10H2,1H3,(H,22,23)/b21-9+. The predicted molar refractivity (Wildman–Crippen MR) is 94.1 cm³/mol. The van der Waals surface area contributed by atoms with Crippen LogP contribution in [0.1, 0.15) is 11.1 Å². The summed E-state index contributed by atoms with van der Waals surface area (Å²) in [5.41, 5.74) is 2.32. The first-order valence-corrected chi connectivity index (χ1v) is 7.99. The van der Waals surface area contributed by atoms with Gasteiger partial charge in [0.05, 0.1) is 11.9 Å². The van der Waals surface area contributed by atoms with Crippen LogP contribution >= 0.6 is 15.9 Å². The van der Waals surface area contributed by atoms with E-state index in [2.05, 4.69) is 31.1 Å². The summed E-state index contributed by atoms with van der Waals surface area (Å²) in [6, 6.07) is 11.4. The van der Waals surface area contributed by atoms with E-state index in [-0.39, 0.29) is 18.3 Å². The second-order valence-electron chi connectivity index (χ2n) is 4.99. The first-order valence-electron chi connectivity index (χ1n) is 7.20. The third-order valence-electron chi connectivity index (χ3n) is 2.98. The Morgan fingerprint density at radius 3 is 2.64 bits per heavy atom. The minimum Gasteiger partial charge on any atom is -0.435 e. The first kappa shape index (κ1) is 18.9. The highest BCUT2D eigenvalue weighted by Gasteiger charge is 2.06. The van der Waals surface area contributed by atoms with Crippen LogP contribution in [0.25, 0.3) is 0 Å². The van der Waals surface area contributed by atoms with Crippen LogP contribution < -0.4 is 10.1 Å². The summed E-state index contributed by atoms with van der Waals surface area (Å²) < 4.78 is 29.1. The van der Waals surface area contributed by atoms with Gasteiger partial charge in [-0.3, -0.25) is 4.79 Å². The van der Waals surface area contributed by atoms with E-state index in [1.807, 2.05) is 19.1 Å². The average molecular weight is 413 g/mol. The Bertz CT molecular complexity index is 752. The van der Waals surface area contributed by atoms with E-state index in [0.29, 0.717) is 11.3 Å². The second kappa shape index (κ2) is 9.12. The molecule has 5 nitrogen and oxygen atoms in total. The Balaban J connectivity index is 1.79. The zero-order valence-corrected chi connectivity index (χ0v) is 14.8. The van der Waals surface area contributed by atoms with Crippen molar-refractivity contribution in [3.05, 3.63) is 58.1 Å². The van der Waals surface area contributed by atoms with Crippen molar-refractivity contribution >= 4 is 33.7 Å². The minimum atomic E-state index is -2.87. The van der Waals surface area contributed by atoms with Gasteiger partial charge in [-0.25, -0.2) is 0 Å². The number of halogens is 3. The van der Waals surface area contributed by atoms with Crippen molar-refractivity contribution in [2.24, 2.45) is 5.16 Å². The van der Waals surface area contributed by atoms with E-state index >= 15 is 0 Å². The fourth-order valence-electron chi connectivity index (χ4n) is 1.84. The van der Waals surface area contributed by atoms with E-state index < -0.39 is 6.61 Å². The topological polar surface area (TPSA) is 59.9 Å². The number of ether oxygens (including phenoxy) is 1. The lowest BCUT2D eigenvalue weighted by atomic mass is 10.2. The molecule has 0 aliphatic heterocycles. The van der Waals surface area contributed by atoms with Crippen LogP contribution in [0.15, 0.2) is 52.1 Å². The number of rotatable bonds is 7. The molecule has 2 rings (SSSR count). The van der Waals surface area contributed by atoms with E-state index in [0.717, 1.165) is 10.0 Å². The van der Waals surface area contributed by atoms with E-state index in [4.69, 9.17) is 4.84 Å². The normalized spacial score (nSPS) is 10.9. The van der Waals surface area contributed by atoms with Gasteiger partial charge in [0, 0.05) is 4.47 Å². The first-order chi connectivity index (χ1) is 11.9. The number of alkyl halides is 2. The van der Waals surface area contributed by atoms with Crippen molar-refractivity contribution < 1.29 is 23.1 Å². The lowest BCUT2D eigenvalue weighted by Gasteiger charge is -2.07. The Kier molecular flexibility index (Phi) is 6.88. The summed E-state index contributed by atoms with van der Waals surface area (Å²) in [5, 5.41) is 6.35. The molecule has 8 heteroatoms. The number of hydrogen-bond donors (Lipinski definition) is 1. The van der Waals surface area contributed by atoms with Crippen molar-refractivity contribution in [1.82, 2.24) is 0 Å². The number of hydrogen-bond acceptors (Lipinski definition) is 4. The fourth-order valence-corrected chi connectivity index (χ4v) is 2.43. The Labute approximate surface area is 151 Å². The highest BCUT2D eigenvalue weighted by molar-refractivity contribution is 9.10. The molecule has 0 aliphatic carbocycles. The predicted octanol–water partition coefficient (Wildman–Crippen LogP) is 4.35. The molecule has 0 fully saturated rings. The number of amides is 1. The number of carbonyl (C=O) groups is 1. The number of oxime groups is 1. The van der Waals surface area contributed by atoms with Gasteiger partial charge in [0.15, 0.2) is 6.61 Å². The lowest BCUT2D eigenvalue weighted by Crippen LogP contribution is -2.17. The molecule has 0 aliphatic rings. The number of anilines is 1. The molecule has 132 valence electrons. The van der Waals surface area contributed by atoms with Gasteiger partial charge in [-0.1, -0.05) is 11.2 Å². The second-order valence-corrected chi connectivity index (χ2v) is 5.84. The van der Waals surface area contributed by atoms with Gasteiger partial charge in [-0.15, -0.1) is 0 Å². The van der Waals surface area contributed by atoms with Gasteiger partial charge in [-0.05, 0) is 70.4 Å². The minimum absolute atomic E-state index is 0.0520. The SMILES string of the molecule is Cc1ccc(NC(=O)CO/N=C/c2ccc(OC(F)F)cc2)c(Br)c1. The van der Waals surface area contributed by atoms with Gasteiger partial charge in [0.1, 0.15) is 5.75 Å². The summed E-state index contributed by atoms with van der Waals surface area (Å²) in [4.78, 5) is 16.7. The number of benzene rings is 2. The highest BCUT2D eigenvalue weighted by Crippen LogP contribution is 2.23. The maximum absolute atomic E-state index is 12.0. The van der Waals surface area contributed by atoms with Gasteiger partial charge in [-0.2, -0.15) is 8.78 Å². The quantitative estimate of drug-likeness (QED) is 0.543. The van der Waals surface area contributed by atoms with Crippen LogP contribution in [-0.2, 0) is 9.63 Å². The molecule has 0 radical (unpaired) electrons. The zero-order chi connectivity index (χ0) is 18.2. The Hall–Kier alpha value is -2.48. The summed E-state index contributed by atoms with van der Waals surface area (Å²) in [5.74, 6) is -0.307. The van der Waals surface area contributed by atoms with Gasteiger partial charge < -0.3 is 14.9 Å². The molecule has 0 spiro atoms. The molecule has 0 unspecified atom stereocenters. The zero-order valence-electron chi connectivity index (χ0n) is 13.2. The third kappa shape index (κ3) is 6.50. The molecule has 0 saturated heterocycles. The number of nitrogens with one attached hydrogen (secondary N) is 1. The number of aryl methyl sites for hydroxylation is 1. The van der Waals surface area contributed by atoms with Crippen LogP contribution in [0.2, 0.25) is 0 Å². The van der Waals surface area contributed by atoms with E-state index in [1.54, 1.807) is 6.07 Å². The molecule has 1 N–H and O–H groups in total. The maximum atomic E-state index is 12.0. The van der Waals surface area contributed by atoms with Crippen molar-refractivity contribution in [2.75, 3.05) is 11.9 Å². The summed E-state index contributed by atoms with van der Waals surface area (Å²) in [6.45, 7) is -1.18. The van der Waals surface area contributed by atoms with E-state index in [9.17, 15) is 13.6 Å². The van der Waals surface area contributed by atoms with E-state index in [1.165, 1.54) is 30.5 Å². The van der Waals surface area contributed by atoms with Crippen LogP contribution in [-0.4, -0.2) is 25.3 Å². The average Bonchev–Trinajstić information content (AvgIpc) is 2.55. The smallest absolute Gasteiger partial charge is 0.387 e. The molecule has 0 heterocycles. The maximum Gasteiger partial charge on any atom is 0.387 e. The Morgan fingerprint density at radius 1 is 1.28 bits per heavy atom. The van der Waals surface area contributed by atoms with Gasteiger partial charge >= 0.3 is 6.61 Å². The molecular weight excluding hydrogens is 398 g/mol. The largest absolute Gasteiger partial charge is 0.435 e. The molecule has 2 aromatic carbocycles. The molecule has 0 atom stereocenters. The van der Waals surface area contributed by atoms with Crippen molar-refractivity contribution in [3.8, 4) is 5.75 Å². The summed E-state index contributed by atoms with van der Waals surface area (Å²) in [7, 11) is 0. The molecular formula is C17H15BrF2N2O3. The summed E-state index contributed by atoms with van der Waals surface area (Å²) >= 11 is 3.37. The highest BCUT2D eigenvalue weighted by atomic mass is 79.9. The monoisotopic (exact) mass is 412 g/mol. The Morgan fingerprint density at radius 2 is 2.00 bits per heavy atom. The van der Waals surface area contributed by atoms with Crippen molar-refractivity contribution in [1.29, 1.82) is 0 Å². The number of nitrogens with zero attached hydrogens (tertiary/aromatic N) is 1. The number of carbonyl (C=O) groups excluding carboxylic acids is 1. The molecule has 0 saturated carbocycles. The fraction of sp³-hybridized carbons (Fsp3) is 0.176. The lowest BCUT2D eigenvalue weighted by molar-refractivity contribution is -0.120. The molecule has 25 heavy (non-hydrogen) atoms. The molecule has 0 bridgehead atoms. The van der Waals surface area contributed by atoms with Crippen LogP contribution in [0.4, 0.5) is 14.5 Å². The molecule has 1 amide bonds. The van der Waals surface area contributed by atoms with Crippen LogP contribution in [0.3, 0.4) is 0 Å². The molecule has 0 aromatic heterocycles. The van der Waals surface area contributed by atoms with Crippen LogP contribution in [0.5, 0.6) is 5.75 Å².